The lowest BCUT2D eigenvalue weighted by molar-refractivity contribution is -0.136. The normalized spacial score (nSPS) is 19.2. The number of ether oxygens (including phenoxy) is 1. The van der Waals surface area contributed by atoms with Crippen molar-refractivity contribution in [3.8, 4) is 5.75 Å². The van der Waals surface area contributed by atoms with Crippen molar-refractivity contribution in [2.75, 3.05) is 35.2 Å². The number of carbonyl (C=O) groups excluding carboxylic acids is 2. The highest BCUT2D eigenvalue weighted by atomic mass is 32.2. The first-order chi connectivity index (χ1) is 29.6. The number of anilines is 2. The number of imide groups is 1. The summed E-state index contributed by atoms with van der Waals surface area (Å²) in [5.74, 6) is -0.346. The zero-order chi connectivity index (χ0) is 45.5. The van der Waals surface area contributed by atoms with E-state index in [9.17, 15) is 35.5 Å². The monoisotopic (exact) mass is 893 g/mol. The molecule has 2 N–H and O–H groups in total. The van der Waals surface area contributed by atoms with Gasteiger partial charge in [0.25, 0.3) is 32.1 Å². The summed E-state index contributed by atoms with van der Waals surface area (Å²) >= 11 is 0. The molecular formula is C49H55N3O9S2. The highest BCUT2D eigenvalue weighted by Crippen LogP contribution is 2.48. The van der Waals surface area contributed by atoms with Crippen molar-refractivity contribution in [3.05, 3.63) is 142 Å². The van der Waals surface area contributed by atoms with Gasteiger partial charge in [0.1, 0.15) is 12.4 Å². The molecule has 0 saturated carbocycles. The maximum atomic E-state index is 12.4. The van der Waals surface area contributed by atoms with E-state index in [2.05, 4.69) is 56.0 Å². The van der Waals surface area contributed by atoms with Crippen molar-refractivity contribution < 1.29 is 40.3 Å². The lowest BCUT2D eigenvalue weighted by Crippen LogP contribution is -2.41. The topological polar surface area (TPSA) is 162 Å². The molecule has 4 aromatic rings. The van der Waals surface area contributed by atoms with E-state index in [1.54, 1.807) is 6.07 Å². The molecule has 63 heavy (non-hydrogen) atoms. The Hall–Kier alpha value is -5.54. The zero-order valence-electron chi connectivity index (χ0n) is 36.5. The van der Waals surface area contributed by atoms with Crippen LogP contribution in [0.25, 0.3) is 12.2 Å². The van der Waals surface area contributed by atoms with Crippen molar-refractivity contribution in [1.29, 1.82) is 0 Å². The van der Waals surface area contributed by atoms with Gasteiger partial charge in [-0.3, -0.25) is 23.6 Å². The summed E-state index contributed by atoms with van der Waals surface area (Å²) in [6, 6.07) is 24.6. The van der Waals surface area contributed by atoms with Crippen molar-refractivity contribution >= 4 is 55.6 Å². The third-order valence-corrected chi connectivity index (χ3v) is 14.2. The third-order valence-electron chi connectivity index (χ3n) is 12.5. The number of aryl methyl sites for hydroxylation is 2. The van der Waals surface area contributed by atoms with Crippen molar-refractivity contribution in [3.63, 3.8) is 0 Å². The predicted octanol–water partition coefficient (Wildman–Crippen LogP) is 8.08. The summed E-state index contributed by atoms with van der Waals surface area (Å²) in [6.45, 7) is 14.1. The second kappa shape index (κ2) is 17.6. The summed E-state index contributed by atoms with van der Waals surface area (Å²) in [5, 5.41) is 0. The molecule has 14 heteroatoms. The first kappa shape index (κ1) is 45.5. The lowest BCUT2D eigenvalue weighted by atomic mass is 9.79. The molecule has 7 rings (SSSR count). The van der Waals surface area contributed by atoms with Gasteiger partial charge < -0.3 is 14.5 Å². The summed E-state index contributed by atoms with van der Waals surface area (Å²) in [6.07, 6.45) is 11.6. The van der Waals surface area contributed by atoms with Crippen LogP contribution >= 0.6 is 0 Å². The smallest absolute Gasteiger partial charge is 0.294 e. The first-order valence-corrected chi connectivity index (χ1v) is 24.1. The molecule has 332 valence electrons. The number of nitrogens with zero attached hydrogens (tertiary/aromatic N) is 3. The van der Waals surface area contributed by atoms with Crippen LogP contribution in [0, 0.1) is 13.8 Å². The molecule has 3 aliphatic heterocycles. The van der Waals surface area contributed by atoms with Gasteiger partial charge in [0.05, 0.1) is 22.7 Å². The standard InChI is InChI=1S/C49H55N3O9S2/c1-33-9-12-36(13-10-33)32-61-43-20-14-35(15-21-44-49(5,6)40-31-38(63(58,59)60)17-19-42(40)51(44)27-8-28-62(55,56)57)30-37(43)16-22-45-48(3,4)39-29-34(2)11-18-41(39)50(45)25-7-26-52-46(53)23-24-47(52)54/h9-24,29-31,44-45H,7-8,25-28,32H2,1-6H3,(H,55,56,57)(H,58,59,60)/b21-15+,22-16+. The van der Waals surface area contributed by atoms with Gasteiger partial charge in [-0.05, 0) is 85.3 Å². The van der Waals surface area contributed by atoms with Crippen molar-refractivity contribution in [1.82, 2.24) is 4.90 Å². The van der Waals surface area contributed by atoms with Gasteiger partial charge in [-0.1, -0.05) is 106 Å². The fourth-order valence-corrected chi connectivity index (χ4v) is 10.1. The second-order valence-electron chi connectivity index (χ2n) is 17.8. The molecule has 2 atom stereocenters. The van der Waals surface area contributed by atoms with Gasteiger partial charge in [-0.2, -0.15) is 16.8 Å². The Morgan fingerprint density at radius 3 is 1.86 bits per heavy atom. The van der Waals surface area contributed by atoms with E-state index in [1.165, 1.54) is 34.7 Å². The molecule has 0 aromatic heterocycles. The number of fused-ring (bicyclic) bond motifs is 2. The Kier molecular flexibility index (Phi) is 12.7. The van der Waals surface area contributed by atoms with Gasteiger partial charge in [0, 0.05) is 59.6 Å². The minimum absolute atomic E-state index is 0.0942. The Morgan fingerprint density at radius 1 is 0.667 bits per heavy atom. The molecule has 4 aromatic carbocycles. The maximum absolute atomic E-state index is 12.4. The van der Waals surface area contributed by atoms with Crippen LogP contribution in [0.5, 0.6) is 5.75 Å². The minimum Gasteiger partial charge on any atom is -0.488 e. The number of hydrogen-bond acceptors (Lipinski definition) is 9. The van der Waals surface area contributed by atoms with Crippen LogP contribution in [0.3, 0.4) is 0 Å². The maximum Gasteiger partial charge on any atom is 0.294 e. The van der Waals surface area contributed by atoms with Gasteiger partial charge >= 0.3 is 0 Å². The number of rotatable bonds is 16. The van der Waals surface area contributed by atoms with Crippen molar-refractivity contribution in [2.45, 2.75) is 88.8 Å². The van der Waals surface area contributed by atoms with E-state index in [0.717, 1.165) is 33.5 Å². The van der Waals surface area contributed by atoms with E-state index in [4.69, 9.17) is 4.74 Å². The molecule has 2 unspecified atom stereocenters. The molecule has 0 saturated heterocycles. The van der Waals surface area contributed by atoms with Gasteiger partial charge in [0.15, 0.2) is 0 Å². The van der Waals surface area contributed by atoms with Crippen LogP contribution in [0.15, 0.2) is 108 Å². The lowest BCUT2D eigenvalue weighted by Gasteiger charge is -2.33. The molecular weight excluding hydrogens is 839 g/mol. The molecule has 0 fully saturated rings. The van der Waals surface area contributed by atoms with Crippen LogP contribution < -0.4 is 14.5 Å². The van der Waals surface area contributed by atoms with Gasteiger partial charge in [-0.25, -0.2) is 0 Å². The van der Waals surface area contributed by atoms with Gasteiger partial charge in [0.2, 0.25) is 0 Å². The predicted molar refractivity (Wildman–Crippen MR) is 247 cm³/mol. The molecule has 0 spiro atoms. The Labute approximate surface area is 371 Å². The Bertz CT molecular complexity index is 2720. The molecule has 2 amide bonds. The fourth-order valence-electron chi connectivity index (χ4n) is 9.11. The molecule has 12 nitrogen and oxygen atoms in total. The molecule has 0 radical (unpaired) electrons. The van der Waals surface area contributed by atoms with Crippen LogP contribution in [-0.4, -0.2) is 80.1 Å². The van der Waals surface area contributed by atoms with E-state index in [1.807, 2.05) is 80.3 Å². The zero-order valence-corrected chi connectivity index (χ0v) is 38.1. The highest BCUT2D eigenvalue weighted by Gasteiger charge is 2.45. The number of amides is 2. The SMILES string of the molecule is Cc1ccc(COc2ccc(/C=C/C3N(CCCS(=O)(=O)O)c4ccc(S(=O)(=O)O)cc4C3(C)C)cc2/C=C/C2N(CCCN3C(=O)C=CC3=O)c3ccc(C)cc3C2(C)C)cc1. The summed E-state index contributed by atoms with van der Waals surface area (Å²) < 4.78 is 73.6. The van der Waals surface area contributed by atoms with Crippen LogP contribution in [0.1, 0.15) is 79.5 Å². The largest absolute Gasteiger partial charge is 0.488 e. The highest BCUT2D eigenvalue weighted by molar-refractivity contribution is 7.86. The van der Waals surface area contributed by atoms with Gasteiger partial charge in [-0.15, -0.1) is 0 Å². The van der Waals surface area contributed by atoms with Crippen LogP contribution in [-0.2, 0) is 47.3 Å². The summed E-state index contributed by atoms with van der Waals surface area (Å²) in [7, 11) is -8.70. The number of benzene rings is 4. The van der Waals surface area contributed by atoms with E-state index in [-0.39, 0.29) is 47.2 Å². The van der Waals surface area contributed by atoms with E-state index in [0.29, 0.717) is 43.1 Å². The fraction of sp³-hybridized carbons (Fsp3) is 0.347. The average Bonchev–Trinajstić information content (AvgIpc) is 3.73. The molecule has 0 bridgehead atoms. The molecule has 3 aliphatic rings. The summed E-state index contributed by atoms with van der Waals surface area (Å²) in [5.41, 5.74) is 7.73. The second-order valence-corrected chi connectivity index (χ2v) is 20.8. The van der Waals surface area contributed by atoms with Crippen LogP contribution in [0.4, 0.5) is 11.4 Å². The minimum atomic E-state index is -4.49. The number of carbonyl (C=O) groups is 2. The van der Waals surface area contributed by atoms with Crippen molar-refractivity contribution in [2.24, 2.45) is 0 Å². The third kappa shape index (κ3) is 9.84. The van der Waals surface area contributed by atoms with Crippen LogP contribution in [0.2, 0.25) is 0 Å². The molecule has 0 aliphatic carbocycles. The quantitative estimate of drug-likeness (QED) is 0.0827. The summed E-state index contributed by atoms with van der Waals surface area (Å²) in [4.78, 5) is 30.1. The van der Waals surface area contributed by atoms with E-state index < -0.39 is 31.4 Å². The first-order valence-electron chi connectivity index (χ1n) is 21.1. The van der Waals surface area contributed by atoms with E-state index >= 15 is 0 Å². The Balaban J connectivity index is 1.23. The number of hydrogen-bond donors (Lipinski definition) is 2. The Morgan fingerprint density at radius 2 is 1.24 bits per heavy atom. The molecule has 3 heterocycles. The average molecular weight is 894 g/mol.